The molecular formula is C36H35N3O4S. The summed E-state index contributed by atoms with van der Waals surface area (Å²) in [6, 6.07) is 30.5. The van der Waals surface area contributed by atoms with Gasteiger partial charge in [-0.1, -0.05) is 109 Å². The van der Waals surface area contributed by atoms with Gasteiger partial charge < -0.3 is 18.9 Å². The summed E-state index contributed by atoms with van der Waals surface area (Å²) in [5, 5.41) is 6.95. The van der Waals surface area contributed by atoms with Gasteiger partial charge in [-0.25, -0.2) is 10.0 Å². The molecule has 7 nitrogen and oxygen atoms in total. The Kier molecular flexibility index (Phi) is 8.86. The zero-order valence-corrected chi connectivity index (χ0v) is 25.3. The Morgan fingerprint density at radius 3 is 2.05 bits per heavy atom. The minimum atomic E-state index is -0.529. The third kappa shape index (κ3) is 6.50. The molecule has 0 N–H and O–H groups in total. The normalized spacial score (nSPS) is 24.3. The van der Waals surface area contributed by atoms with Crippen LogP contribution in [-0.2, 0) is 38.8 Å². The lowest BCUT2D eigenvalue weighted by Gasteiger charge is -2.31. The summed E-state index contributed by atoms with van der Waals surface area (Å²) < 4.78 is 26.4. The van der Waals surface area contributed by atoms with E-state index in [1.807, 2.05) is 59.6 Å². The zero-order chi connectivity index (χ0) is 29.7. The predicted molar refractivity (Wildman–Crippen MR) is 174 cm³/mol. The standard InChI is InChI=1S/C36H35N3O4S/c44-32-18-28-16-17-29-20-39(38-30(19-37-32)33(28)29)36-35(42-23-27-14-8-3-9-15-27)34(41-22-26-12-6-2-7-13-26)31(43-36)24-40-21-25-10-4-1-5-11-25/h1-15,19-20,31,34-36H,16-18,21-24H2/t31-,34-,35+,36-/m1/s1. The molecule has 0 radical (unpaired) electrons. The number of nitrogens with zero attached hydrogens (tertiary/aromatic N) is 3. The van der Waals surface area contributed by atoms with Crippen LogP contribution >= 0.6 is 12.2 Å². The topological polar surface area (TPSA) is 64.9 Å². The third-order valence-electron chi connectivity index (χ3n) is 8.34. The number of hydrogen-bond donors (Lipinski definition) is 0. The number of hydrogen-bond acceptors (Lipinski definition) is 7. The second-order valence-corrected chi connectivity index (χ2v) is 11.9. The summed E-state index contributed by atoms with van der Waals surface area (Å²) in [4.78, 5) is 5.21. The van der Waals surface area contributed by atoms with Crippen LogP contribution in [0.3, 0.4) is 0 Å². The Morgan fingerprint density at radius 2 is 1.39 bits per heavy atom. The quantitative estimate of drug-likeness (QED) is 0.231. The number of rotatable bonds is 11. The molecule has 3 aliphatic heterocycles. The van der Waals surface area contributed by atoms with Crippen LogP contribution in [0.25, 0.3) is 0 Å². The molecule has 8 heteroatoms. The monoisotopic (exact) mass is 605 g/mol. The molecule has 0 unspecified atom stereocenters. The van der Waals surface area contributed by atoms with E-state index in [0.717, 1.165) is 41.7 Å². The number of aliphatic imine (C=N–C) groups is 1. The van der Waals surface area contributed by atoms with Gasteiger partial charge in [-0.05, 0) is 35.1 Å². The molecule has 0 spiro atoms. The van der Waals surface area contributed by atoms with E-state index in [-0.39, 0.29) is 6.10 Å². The lowest BCUT2D eigenvalue weighted by Crippen LogP contribution is -2.44. The van der Waals surface area contributed by atoms with Crippen molar-refractivity contribution in [2.24, 2.45) is 10.1 Å². The molecule has 1 saturated heterocycles. The second-order valence-electron chi connectivity index (χ2n) is 11.4. The van der Waals surface area contributed by atoms with E-state index in [0.29, 0.717) is 31.4 Å². The van der Waals surface area contributed by atoms with E-state index in [2.05, 4.69) is 47.6 Å². The van der Waals surface area contributed by atoms with Gasteiger partial charge in [-0.3, -0.25) is 0 Å². The summed E-state index contributed by atoms with van der Waals surface area (Å²) in [5.74, 6) is 0. The van der Waals surface area contributed by atoms with E-state index < -0.39 is 18.4 Å². The Balaban J connectivity index is 1.19. The van der Waals surface area contributed by atoms with Crippen LogP contribution in [0.2, 0.25) is 0 Å². The van der Waals surface area contributed by atoms with Crippen molar-refractivity contribution in [3.8, 4) is 0 Å². The first-order valence-electron chi connectivity index (χ1n) is 15.2. The minimum Gasteiger partial charge on any atom is -0.374 e. The van der Waals surface area contributed by atoms with E-state index in [1.165, 1.54) is 16.7 Å². The smallest absolute Gasteiger partial charge is 0.179 e. The molecule has 3 aromatic rings. The maximum absolute atomic E-state index is 6.79. The van der Waals surface area contributed by atoms with Crippen LogP contribution < -0.4 is 0 Å². The number of benzene rings is 3. The molecule has 3 aromatic carbocycles. The summed E-state index contributed by atoms with van der Waals surface area (Å²) in [6.07, 6.45) is 4.79. The molecule has 0 aromatic heterocycles. The van der Waals surface area contributed by atoms with Crippen molar-refractivity contribution in [1.82, 2.24) is 5.01 Å². The van der Waals surface area contributed by atoms with Crippen molar-refractivity contribution < 1.29 is 18.9 Å². The minimum absolute atomic E-state index is 0.349. The van der Waals surface area contributed by atoms with Crippen molar-refractivity contribution in [2.75, 3.05) is 6.61 Å². The van der Waals surface area contributed by atoms with Crippen LogP contribution in [-0.4, -0.2) is 53.1 Å². The maximum Gasteiger partial charge on any atom is 0.179 e. The SMILES string of the molecule is S=C1CC2=C3C(=CN([C@@H]4O[C@H](COCc5ccccc5)[C@@H](OCc5ccccc5)[C@@H]4OCc4ccccc4)N=C3C=N1)CC2. The fourth-order valence-corrected chi connectivity index (χ4v) is 6.42. The number of ether oxygens (including phenoxy) is 4. The first-order valence-corrected chi connectivity index (χ1v) is 15.6. The molecule has 4 atom stereocenters. The summed E-state index contributed by atoms with van der Waals surface area (Å²) >= 11 is 5.49. The molecular weight excluding hydrogens is 570 g/mol. The number of hydrazone groups is 1. The molecule has 1 fully saturated rings. The van der Waals surface area contributed by atoms with Gasteiger partial charge in [0.15, 0.2) is 6.23 Å². The van der Waals surface area contributed by atoms with E-state index in [9.17, 15) is 0 Å². The number of thiocarbonyl (C=S) groups is 1. The first-order chi connectivity index (χ1) is 21.7. The Morgan fingerprint density at radius 1 is 0.773 bits per heavy atom. The molecule has 0 bridgehead atoms. The average molecular weight is 606 g/mol. The fraction of sp³-hybridized carbons (Fsp3) is 0.306. The van der Waals surface area contributed by atoms with Crippen molar-refractivity contribution in [3.05, 3.63) is 131 Å². The van der Waals surface area contributed by atoms with Gasteiger partial charge in [-0.2, -0.15) is 5.10 Å². The lowest BCUT2D eigenvalue weighted by atomic mass is 10.0. The summed E-state index contributed by atoms with van der Waals surface area (Å²) in [5.41, 5.74) is 7.83. The second kappa shape index (κ2) is 13.5. The largest absolute Gasteiger partial charge is 0.374 e. The zero-order valence-electron chi connectivity index (χ0n) is 24.5. The highest BCUT2D eigenvalue weighted by atomic mass is 32.1. The molecule has 1 aliphatic carbocycles. The third-order valence-corrected chi connectivity index (χ3v) is 8.59. The van der Waals surface area contributed by atoms with Crippen molar-refractivity contribution >= 4 is 29.1 Å². The highest BCUT2D eigenvalue weighted by Gasteiger charge is 2.50. The highest BCUT2D eigenvalue weighted by Crippen LogP contribution is 2.40. The van der Waals surface area contributed by atoms with Crippen molar-refractivity contribution in [1.29, 1.82) is 0 Å². The van der Waals surface area contributed by atoms with E-state index >= 15 is 0 Å². The van der Waals surface area contributed by atoms with Crippen molar-refractivity contribution in [3.63, 3.8) is 0 Å². The molecule has 4 aliphatic rings. The van der Waals surface area contributed by atoms with Gasteiger partial charge >= 0.3 is 0 Å². The van der Waals surface area contributed by atoms with Gasteiger partial charge in [0.05, 0.1) is 32.6 Å². The average Bonchev–Trinajstić information content (AvgIpc) is 3.58. The Hall–Kier alpha value is -3.79. The van der Waals surface area contributed by atoms with E-state index in [4.69, 9.17) is 36.3 Å². The van der Waals surface area contributed by atoms with Crippen LogP contribution in [0, 0.1) is 0 Å². The van der Waals surface area contributed by atoms with Gasteiger partial charge in [0.2, 0.25) is 0 Å². The van der Waals surface area contributed by atoms with Gasteiger partial charge in [0, 0.05) is 18.2 Å². The van der Waals surface area contributed by atoms with Crippen LogP contribution in [0.15, 0.2) is 124 Å². The molecule has 0 amide bonds. The Bertz CT molecular complexity index is 1590. The predicted octanol–water partition coefficient (Wildman–Crippen LogP) is 6.55. The van der Waals surface area contributed by atoms with Crippen molar-refractivity contribution in [2.45, 2.75) is 63.6 Å². The summed E-state index contributed by atoms with van der Waals surface area (Å²) in [7, 11) is 0. The molecule has 224 valence electrons. The maximum atomic E-state index is 6.79. The molecule has 0 saturated carbocycles. The number of allylic oxidation sites excluding steroid dienone is 2. The molecule has 44 heavy (non-hydrogen) atoms. The molecule has 3 heterocycles. The van der Waals surface area contributed by atoms with Crippen LogP contribution in [0.1, 0.15) is 36.0 Å². The van der Waals surface area contributed by atoms with E-state index in [1.54, 1.807) is 6.21 Å². The lowest BCUT2D eigenvalue weighted by molar-refractivity contribution is -0.107. The first kappa shape index (κ1) is 29.0. The summed E-state index contributed by atoms with van der Waals surface area (Å²) in [6.45, 7) is 1.68. The highest BCUT2D eigenvalue weighted by molar-refractivity contribution is 7.80. The van der Waals surface area contributed by atoms with Gasteiger partial charge in [0.25, 0.3) is 0 Å². The fourth-order valence-electron chi connectivity index (χ4n) is 6.19. The van der Waals surface area contributed by atoms with Gasteiger partial charge in [-0.15, -0.1) is 0 Å². The van der Waals surface area contributed by atoms with Crippen LogP contribution in [0.4, 0.5) is 0 Å². The molecule has 7 rings (SSSR count). The van der Waals surface area contributed by atoms with Gasteiger partial charge in [0.1, 0.15) is 29.0 Å². The Labute approximate surface area is 263 Å². The van der Waals surface area contributed by atoms with Crippen LogP contribution in [0.5, 0.6) is 0 Å².